The van der Waals surface area contributed by atoms with Gasteiger partial charge in [-0.05, 0) is 6.92 Å². The van der Waals surface area contributed by atoms with Crippen LogP contribution in [0.3, 0.4) is 0 Å². The fourth-order valence-corrected chi connectivity index (χ4v) is 1.95. The maximum atomic E-state index is 11.3. The lowest BCUT2D eigenvalue weighted by Gasteiger charge is -2.16. The van der Waals surface area contributed by atoms with Crippen molar-refractivity contribution >= 4 is 17.7 Å². The highest BCUT2D eigenvalue weighted by Crippen LogP contribution is 2.22. The molecule has 0 fully saturated rings. The highest BCUT2D eigenvalue weighted by atomic mass is 32.2. The lowest BCUT2D eigenvalue weighted by atomic mass is 9.96. The summed E-state index contributed by atoms with van der Waals surface area (Å²) in [4.78, 5) is 11.3. The first-order valence-electron chi connectivity index (χ1n) is 5.46. The van der Waals surface area contributed by atoms with Gasteiger partial charge >= 0.3 is 0 Å². The average molecular weight is 257 g/mol. The lowest BCUT2D eigenvalue weighted by molar-refractivity contribution is -0.118. The summed E-state index contributed by atoms with van der Waals surface area (Å²) in [6.07, 6.45) is 0. The molecule has 0 aromatic carbocycles. The predicted octanol–water partition coefficient (Wildman–Crippen LogP) is 0.518. The van der Waals surface area contributed by atoms with Crippen LogP contribution in [0.2, 0.25) is 0 Å². The van der Waals surface area contributed by atoms with E-state index in [1.807, 2.05) is 27.7 Å². The van der Waals surface area contributed by atoms with E-state index in [0.717, 1.165) is 0 Å². The number of nitrogen functional groups attached to an aromatic ring is 1. The second kappa shape index (κ2) is 5.39. The van der Waals surface area contributed by atoms with Crippen molar-refractivity contribution in [2.45, 2.75) is 38.3 Å². The molecule has 0 aliphatic heterocycles. The van der Waals surface area contributed by atoms with Crippen molar-refractivity contribution < 1.29 is 4.79 Å². The van der Waals surface area contributed by atoms with E-state index in [0.29, 0.717) is 23.3 Å². The van der Waals surface area contributed by atoms with E-state index in [-0.39, 0.29) is 11.3 Å². The number of hydrogen-bond donors (Lipinski definition) is 2. The number of carbonyl (C=O) groups is 1. The molecule has 1 amide bonds. The first-order valence-corrected chi connectivity index (χ1v) is 6.45. The van der Waals surface area contributed by atoms with Crippen molar-refractivity contribution in [3.05, 3.63) is 5.82 Å². The van der Waals surface area contributed by atoms with Gasteiger partial charge in [-0.25, -0.2) is 4.68 Å². The van der Waals surface area contributed by atoms with Gasteiger partial charge in [0.1, 0.15) is 0 Å². The number of nitrogens with zero attached hydrogens (tertiary/aromatic N) is 3. The van der Waals surface area contributed by atoms with Gasteiger partial charge in [-0.15, -0.1) is 10.2 Å². The number of thioether (sulfide) groups is 1. The molecule has 0 saturated carbocycles. The predicted molar refractivity (Wildman–Crippen MR) is 68.3 cm³/mol. The van der Waals surface area contributed by atoms with Gasteiger partial charge in [-0.2, -0.15) is 0 Å². The van der Waals surface area contributed by atoms with Crippen molar-refractivity contribution in [1.29, 1.82) is 0 Å². The number of carbonyl (C=O) groups excluding carboxylic acids is 1. The van der Waals surface area contributed by atoms with E-state index in [1.165, 1.54) is 16.4 Å². The second-order valence-electron chi connectivity index (χ2n) is 4.67. The zero-order valence-corrected chi connectivity index (χ0v) is 11.5. The van der Waals surface area contributed by atoms with Gasteiger partial charge in [0.15, 0.2) is 5.82 Å². The van der Waals surface area contributed by atoms with Gasteiger partial charge < -0.3 is 11.2 Å². The van der Waals surface area contributed by atoms with Crippen molar-refractivity contribution in [3.63, 3.8) is 0 Å². The van der Waals surface area contributed by atoms with E-state index in [1.54, 1.807) is 0 Å². The molecule has 96 valence electrons. The maximum absolute atomic E-state index is 11.3. The summed E-state index contributed by atoms with van der Waals surface area (Å²) < 4.78 is 1.45. The maximum Gasteiger partial charge on any atom is 0.230 e. The number of nitrogens with one attached hydrogen (secondary N) is 1. The monoisotopic (exact) mass is 257 g/mol. The van der Waals surface area contributed by atoms with Crippen LogP contribution in [0.1, 0.15) is 33.5 Å². The van der Waals surface area contributed by atoms with Gasteiger partial charge in [0.2, 0.25) is 11.1 Å². The molecule has 0 radical (unpaired) electrons. The van der Waals surface area contributed by atoms with Gasteiger partial charge in [-0.1, -0.05) is 32.5 Å². The third-order valence-corrected chi connectivity index (χ3v) is 2.98. The molecule has 0 atom stereocenters. The standard InChI is InChI=1S/C10H19N5OS/c1-5-12-7(16)6-17-9-14-13-8(15(9)11)10(2,3)4/h5-6,11H2,1-4H3,(H,12,16). The van der Waals surface area contributed by atoms with Crippen LogP contribution in [-0.4, -0.2) is 33.1 Å². The summed E-state index contributed by atoms with van der Waals surface area (Å²) in [6.45, 7) is 8.55. The van der Waals surface area contributed by atoms with Gasteiger partial charge in [0.25, 0.3) is 0 Å². The summed E-state index contributed by atoms with van der Waals surface area (Å²) in [5.74, 6) is 6.86. The van der Waals surface area contributed by atoms with Crippen molar-refractivity contribution in [3.8, 4) is 0 Å². The van der Waals surface area contributed by atoms with Gasteiger partial charge in [-0.3, -0.25) is 4.79 Å². The number of amides is 1. The Labute approximate surface area is 105 Å². The molecule has 1 rings (SSSR count). The fraction of sp³-hybridized carbons (Fsp3) is 0.700. The topological polar surface area (TPSA) is 85.8 Å². The first-order chi connectivity index (χ1) is 7.86. The van der Waals surface area contributed by atoms with Crippen LogP contribution in [-0.2, 0) is 10.2 Å². The second-order valence-corrected chi connectivity index (χ2v) is 5.61. The number of aromatic nitrogens is 3. The van der Waals surface area contributed by atoms with Crippen LogP contribution < -0.4 is 11.2 Å². The third-order valence-electron chi connectivity index (χ3n) is 2.04. The molecule has 0 unspecified atom stereocenters. The lowest BCUT2D eigenvalue weighted by Crippen LogP contribution is -2.26. The SMILES string of the molecule is CCNC(=O)CSc1nnc(C(C)(C)C)n1N. The molecule has 7 heteroatoms. The zero-order valence-electron chi connectivity index (χ0n) is 10.6. The molecule has 1 aromatic heterocycles. The smallest absolute Gasteiger partial charge is 0.230 e. The minimum atomic E-state index is -0.160. The Bertz CT molecular complexity index is 396. The van der Waals surface area contributed by atoms with Crippen LogP contribution in [0.25, 0.3) is 0 Å². The van der Waals surface area contributed by atoms with E-state index >= 15 is 0 Å². The molecular weight excluding hydrogens is 238 g/mol. The van der Waals surface area contributed by atoms with Crippen LogP contribution in [0, 0.1) is 0 Å². The van der Waals surface area contributed by atoms with Crippen LogP contribution >= 0.6 is 11.8 Å². The molecule has 0 aliphatic rings. The number of rotatable bonds is 4. The van der Waals surface area contributed by atoms with Crippen molar-refractivity contribution in [2.75, 3.05) is 18.1 Å². The first kappa shape index (κ1) is 13.8. The molecule has 1 heterocycles. The summed E-state index contributed by atoms with van der Waals surface area (Å²) in [5.41, 5.74) is -0.160. The Morgan fingerprint density at radius 2 is 2.12 bits per heavy atom. The largest absolute Gasteiger partial charge is 0.356 e. The van der Waals surface area contributed by atoms with E-state index in [9.17, 15) is 4.79 Å². The summed E-state index contributed by atoms with van der Waals surface area (Å²) in [6, 6.07) is 0. The molecule has 0 bridgehead atoms. The van der Waals surface area contributed by atoms with Crippen LogP contribution in [0.15, 0.2) is 5.16 Å². The van der Waals surface area contributed by atoms with Gasteiger partial charge in [0.05, 0.1) is 5.75 Å². The molecule has 0 spiro atoms. The van der Waals surface area contributed by atoms with Gasteiger partial charge in [0, 0.05) is 12.0 Å². The third kappa shape index (κ3) is 3.62. The molecule has 6 nitrogen and oxygen atoms in total. The Morgan fingerprint density at radius 3 is 2.59 bits per heavy atom. The number of hydrogen-bond acceptors (Lipinski definition) is 5. The van der Waals surface area contributed by atoms with Crippen molar-refractivity contribution in [2.24, 2.45) is 0 Å². The van der Waals surface area contributed by atoms with E-state index < -0.39 is 0 Å². The van der Waals surface area contributed by atoms with E-state index in [4.69, 9.17) is 5.84 Å². The summed E-state index contributed by atoms with van der Waals surface area (Å²) in [5, 5.41) is 11.3. The highest BCUT2D eigenvalue weighted by molar-refractivity contribution is 7.99. The molecule has 3 N–H and O–H groups in total. The molecule has 0 saturated heterocycles. The number of nitrogens with two attached hydrogens (primary N) is 1. The Morgan fingerprint density at radius 1 is 1.47 bits per heavy atom. The van der Waals surface area contributed by atoms with Crippen LogP contribution in [0.5, 0.6) is 0 Å². The minimum Gasteiger partial charge on any atom is -0.356 e. The van der Waals surface area contributed by atoms with Crippen LogP contribution in [0.4, 0.5) is 0 Å². The summed E-state index contributed by atoms with van der Waals surface area (Å²) >= 11 is 1.28. The highest BCUT2D eigenvalue weighted by Gasteiger charge is 2.23. The minimum absolute atomic E-state index is 0.0298. The average Bonchev–Trinajstić information content (AvgIpc) is 2.57. The van der Waals surface area contributed by atoms with Crippen molar-refractivity contribution in [1.82, 2.24) is 20.2 Å². The zero-order chi connectivity index (χ0) is 13.1. The Balaban J connectivity index is 2.68. The molecular formula is C10H19N5OS. The fourth-order valence-electron chi connectivity index (χ4n) is 1.27. The Kier molecular flexibility index (Phi) is 4.39. The quantitative estimate of drug-likeness (QED) is 0.606. The normalized spacial score (nSPS) is 11.5. The van der Waals surface area contributed by atoms with E-state index in [2.05, 4.69) is 15.5 Å². The molecule has 0 aliphatic carbocycles. The molecule has 17 heavy (non-hydrogen) atoms. The summed E-state index contributed by atoms with van der Waals surface area (Å²) in [7, 11) is 0. The Hall–Kier alpha value is -1.24. The molecule has 1 aromatic rings.